The molecule has 0 bridgehead atoms. The molecule has 0 aromatic heterocycles. The van der Waals surface area contributed by atoms with Gasteiger partial charge in [0.25, 0.3) is 0 Å². The number of thioether (sulfide) groups is 1. The highest BCUT2D eigenvalue weighted by Gasteiger charge is 2.20. The smallest absolute Gasteiger partial charge is 0.186 e. The molecule has 0 amide bonds. The number of likely N-dealkylation sites (tertiary alicyclic amines) is 1. The van der Waals surface area contributed by atoms with Crippen LogP contribution in [-0.4, -0.2) is 34.6 Å². The van der Waals surface area contributed by atoms with E-state index < -0.39 is 0 Å². The number of amidine groups is 1. The summed E-state index contributed by atoms with van der Waals surface area (Å²) >= 11 is 1.81. The Morgan fingerprint density at radius 2 is 1.72 bits per heavy atom. The standard InChI is InChI=1S/C13H15N3S.BrH/c1-2-6-11(7-3-1)12-10-17-13(15-14-12)16-8-4-5-9-16;/h1-3,6-7H,4-5,8-10H2;1H. The van der Waals surface area contributed by atoms with Gasteiger partial charge in [-0.2, -0.15) is 5.10 Å². The van der Waals surface area contributed by atoms with E-state index in [4.69, 9.17) is 0 Å². The summed E-state index contributed by atoms with van der Waals surface area (Å²) in [5, 5.41) is 9.83. The Balaban J connectivity index is 0.00000120. The minimum Gasteiger partial charge on any atom is -0.350 e. The molecule has 0 unspecified atom stereocenters. The van der Waals surface area contributed by atoms with Gasteiger partial charge in [0.1, 0.15) is 0 Å². The number of halogens is 1. The van der Waals surface area contributed by atoms with E-state index in [0.717, 1.165) is 29.7 Å². The number of hydrogen-bond donors (Lipinski definition) is 0. The van der Waals surface area contributed by atoms with Crippen molar-refractivity contribution in [1.29, 1.82) is 0 Å². The van der Waals surface area contributed by atoms with Crippen LogP contribution in [0.5, 0.6) is 0 Å². The van der Waals surface area contributed by atoms with Gasteiger partial charge in [0, 0.05) is 18.8 Å². The predicted molar refractivity (Wildman–Crippen MR) is 84.0 cm³/mol. The third-order valence-corrected chi connectivity index (χ3v) is 4.09. The highest BCUT2D eigenvalue weighted by molar-refractivity contribution is 8.93. The summed E-state index contributed by atoms with van der Waals surface area (Å²) in [6.45, 7) is 2.28. The molecule has 2 aliphatic heterocycles. The molecule has 3 rings (SSSR count). The Labute approximate surface area is 122 Å². The van der Waals surface area contributed by atoms with Crippen LogP contribution in [0.2, 0.25) is 0 Å². The zero-order valence-electron chi connectivity index (χ0n) is 10.1. The van der Waals surface area contributed by atoms with Crippen molar-refractivity contribution < 1.29 is 0 Å². The summed E-state index contributed by atoms with van der Waals surface area (Å²) in [4.78, 5) is 2.34. The molecule has 0 spiro atoms. The first-order chi connectivity index (χ1) is 8.43. The third-order valence-electron chi connectivity index (χ3n) is 3.08. The van der Waals surface area contributed by atoms with E-state index in [1.807, 2.05) is 30.0 Å². The molecular weight excluding hydrogens is 310 g/mol. The van der Waals surface area contributed by atoms with Crippen molar-refractivity contribution in [1.82, 2.24) is 4.90 Å². The molecule has 1 aromatic rings. The van der Waals surface area contributed by atoms with Gasteiger partial charge >= 0.3 is 0 Å². The SMILES string of the molecule is Br.c1ccc(C2=NN=C(N3CCCC3)SC2)cc1. The van der Waals surface area contributed by atoms with E-state index in [1.54, 1.807) is 0 Å². The van der Waals surface area contributed by atoms with E-state index >= 15 is 0 Å². The quantitative estimate of drug-likeness (QED) is 0.793. The highest BCUT2D eigenvalue weighted by Crippen LogP contribution is 2.21. The highest BCUT2D eigenvalue weighted by atomic mass is 79.9. The molecule has 0 N–H and O–H groups in total. The number of hydrogen-bond acceptors (Lipinski definition) is 4. The van der Waals surface area contributed by atoms with Gasteiger partial charge < -0.3 is 4.90 Å². The minimum atomic E-state index is 0. The number of rotatable bonds is 1. The van der Waals surface area contributed by atoms with Crippen LogP contribution in [-0.2, 0) is 0 Å². The first kappa shape index (κ1) is 13.6. The fourth-order valence-corrected chi connectivity index (χ4v) is 3.08. The lowest BCUT2D eigenvalue weighted by Gasteiger charge is -2.20. The number of nitrogens with zero attached hydrogens (tertiary/aromatic N) is 3. The second-order valence-corrected chi connectivity index (χ2v) is 5.22. The van der Waals surface area contributed by atoms with Crippen LogP contribution in [0.15, 0.2) is 40.5 Å². The topological polar surface area (TPSA) is 28.0 Å². The first-order valence-electron chi connectivity index (χ1n) is 6.01. The van der Waals surface area contributed by atoms with Crippen LogP contribution in [0.3, 0.4) is 0 Å². The summed E-state index contributed by atoms with van der Waals surface area (Å²) in [5.41, 5.74) is 2.27. The molecule has 5 heteroatoms. The summed E-state index contributed by atoms with van der Waals surface area (Å²) in [5.74, 6) is 0.930. The summed E-state index contributed by atoms with van der Waals surface area (Å²) in [7, 11) is 0. The van der Waals surface area contributed by atoms with Gasteiger partial charge in [-0.05, 0) is 18.4 Å². The van der Waals surface area contributed by atoms with Gasteiger partial charge in [-0.1, -0.05) is 42.1 Å². The van der Waals surface area contributed by atoms with Gasteiger partial charge in [0.2, 0.25) is 0 Å². The van der Waals surface area contributed by atoms with Crippen molar-refractivity contribution in [2.24, 2.45) is 10.2 Å². The second kappa shape index (κ2) is 6.38. The molecular formula is C13H16BrN3S. The van der Waals surface area contributed by atoms with Crippen molar-refractivity contribution >= 4 is 39.6 Å². The van der Waals surface area contributed by atoms with E-state index in [-0.39, 0.29) is 17.0 Å². The van der Waals surface area contributed by atoms with Crippen LogP contribution in [0.1, 0.15) is 18.4 Å². The molecule has 0 radical (unpaired) electrons. The van der Waals surface area contributed by atoms with Crippen LogP contribution in [0.25, 0.3) is 0 Å². The van der Waals surface area contributed by atoms with Crippen molar-refractivity contribution in [3.8, 4) is 0 Å². The van der Waals surface area contributed by atoms with Gasteiger partial charge in [-0.15, -0.1) is 22.1 Å². The molecule has 0 atom stereocenters. The average Bonchev–Trinajstić information content (AvgIpc) is 2.94. The predicted octanol–water partition coefficient (Wildman–Crippen LogP) is 3.17. The number of benzene rings is 1. The molecule has 2 heterocycles. The van der Waals surface area contributed by atoms with E-state index in [1.165, 1.54) is 18.4 Å². The van der Waals surface area contributed by atoms with Crippen LogP contribution >= 0.6 is 28.7 Å². The molecule has 1 saturated heterocycles. The first-order valence-corrected chi connectivity index (χ1v) is 7.00. The van der Waals surface area contributed by atoms with Gasteiger partial charge in [-0.3, -0.25) is 0 Å². The van der Waals surface area contributed by atoms with Crippen LogP contribution < -0.4 is 0 Å². The fraction of sp³-hybridized carbons (Fsp3) is 0.385. The molecule has 2 aliphatic rings. The monoisotopic (exact) mass is 325 g/mol. The molecule has 96 valence electrons. The summed E-state index contributed by atoms with van der Waals surface area (Å²) in [6.07, 6.45) is 2.57. The summed E-state index contributed by atoms with van der Waals surface area (Å²) < 4.78 is 0. The zero-order valence-corrected chi connectivity index (χ0v) is 12.6. The average molecular weight is 326 g/mol. The van der Waals surface area contributed by atoms with Crippen molar-refractivity contribution in [2.75, 3.05) is 18.8 Å². The van der Waals surface area contributed by atoms with Crippen molar-refractivity contribution in [3.63, 3.8) is 0 Å². The Morgan fingerprint density at radius 3 is 2.33 bits per heavy atom. The molecule has 3 nitrogen and oxygen atoms in total. The lowest BCUT2D eigenvalue weighted by atomic mass is 10.1. The molecule has 0 aliphatic carbocycles. The van der Waals surface area contributed by atoms with Crippen LogP contribution in [0.4, 0.5) is 0 Å². The Kier molecular flexibility index (Phi) is 4.83. The molecule has 18 heavy (non-hydrogen) atoms. The molecule has 1 fully saturated rings. The zero-order chi connectivity index (χ0) is 11.5. The molecule has 1 aromatic carbocycles. The lowest BCUT2D eigenvalue weighted by molar-refractivity contribution is 0.528. The Hall–Kier alpha value is -0.810. The van der Waals surface area contributed by atoms with Gasteiger partial charge in [0.05, 0.1) is 5.71 Å². The fourth-order valence-electron chi connectivity index (χ4n) is 2.13. The maximum absolute atomic E-state index is 4.37. The largest absolute Gasteiger partial charge is 0.350 e. The second-order valence-electron chi connectivity index (χ2n) is 4.28. The maximum Gasteiger partial charge on any atom is 0.186 e. The van der Waals surface area contributed by atoms with E-state index in [2.05, 4.69) is 27.2 Å². The third kappa shape index (κ3) is 2.95. The Bertz CT molecular complexity index is 453. The van der Waals surface area contributed by atoms with Gasteiger partial charge in [0.15, 0.2) is 5.17 Å². The normalized spacial score (nSPS) is 19.0. The van der Waals surface area contributed by atoms with Gasteiger partial charge in [-0.25, -0.2) is 0 Å². The maximum atomic E-state index is 4.37. The lowest BCUT2D eigenvalue weighted by Crippen LogP contribution is -2.27. The van der Waals surface area contributed by atoms with E-state index in [9.17, 15) is 0 Å². The van der Waals surface area contributed by atoms with Crippen molar-refractivity contribution in [2.45, 2.75) is 12.8 Å². The summed E-state index contributed by atoms with van der Waals surface area (Å²) in [6, 6.07) is 10.3. The van der Waals surface area contributed by atoms with E-state index in [0.29, 0.717) is 0 Å². The Morgan fingerprint density at radius 1 is 1.00 bits per heavy atom. The molecule has 0 saturated carbocycles. The minimum absolute atomic E-state index is 0. The van der Waals surface area contributed by atoms with Crippen molar-refractivity contribution in [3.05, 3.63) is 35.9 Å². The van der Waals surface area contributed by atoms with Crippen LogP contribution in [0, 0.1) is 0 Å².